The van der Waals surface area contributed by atoms with Crippen molar-refractivity contribution < 1.29 is 22.8 Å². The minimum absolute atomic E-state index is 0.140. The highest BCUT2D eigenvalue weighted by Crippen LogP contribution is 2.28. The third-order valence-corrected chi connectivity index (χ3v) is 3.60. The van der Waals surface area contributed by atoms with Gasteiger partial charge in [0.15, 0.2) is 0 Å². The quantitative estimate of drug-likeness (QED) is 0.566. The normalized spacial score (nSPS) is 12.5. The maximum atomic E-state index is 12.7. The summed E-state index contributed by atoms with van der Waals surface area (Å²) in [5, 5.41) is 7.66. The predicted octanol–water partition coefficient (Wildman–Crippen LogP) is 4.33. The number of aryl methyl sites for hydroxylation is 1. The van der Waals surface area contributed by atoms with Gasteiger partial charge in [-0.15, -0.1) is 0 Å². The monoisotopic (exact) mass is 365 g/mol. The van der Waals surface area contributed by atoms with E-state index in [1.54, 1.807) is 6.92 Å². The van der Waals surface area contributed by atoms with Crippen LogP contribution in [-0.4, -0.2) is 24.0 Å². The second-order valence-corrected chi connectivity index (χ2v) is 5.47. The van der Waals surface area contributed by atoms with Gasteiger partial charge in [-0.05, 0) is 25.5 Å². The third-order valence-electron chi connectivity index (χ3n) is 3.60. The van der Waals surface area contributed by atoms with E-state index in [0.717, 1.165) is 29.0 Å². The summed E-state index contributed by atoms with van der Waals surface area (Å²) in [6.45, 7) is 3.86. The molecule has 0 aliphatic heterocycles. The second kappa shape index (κ2) is 8.46. The molecule has 0 atom stereocenters. The molecule has 0 radical (unpaired) electrons. The van der Waals surface area contributed by atoms with Gasteiger partial charge in [0, 0.05) is 29.1 Å². The SMILES string of the molecule is CO/N=C(/C)c1cccc(C)c1CO/N=C/c1cncc(C(F)(F)F)c1. The molecule has 26 heavy (non-hydrogen) atoms. The van der Waals surface area contributed by atoms with Crippen LogP contribution >= 0.6 is 0 Å². The molecule has 0 amide bonds. The van der Waals surface area contributed by atoms with Crippen molar-refractivity contribution in [2.75, 3.05) is 7.11 Å². The minimum atomic E-state index is -4.45. The molecular weight excluding hydrogens is 347 g/mol. The Morgan fingerprint density at radius 1 is 1.27 bits per heavy atom. The van der Waals surface area contributed by atoms with E-state index in [1.165, 1.54) is 19.5 Å². The molecule has 0 unspecified atom stereocenters. The average molecular weight is 365 g/mol. The fourth-order valence-electron chi connectivity index (χ4n) is 2.30. The fraction of sp³-hybridized carbons (Fsp3) is 0.278. The number of halogens is 3. The molecule has 0 aliphatic rings. The summed E-state index contributed by atoms with van der Waals surface area (Å²) >= 11 is 0. The number of benzene rings is 1. The fourth-order valence-corrected chi connectivity index (χ4v) is 2.30. The van der Waals surface area contributed by atoms with E-state index >= 15 is 0 Å². The lowest BCUT2D eigenvalue weighted by atomic mass is 10.00. The maximum Gasteiger partial charge on any atom is 0.417 e. The van der Waals surface area contributed by atoms with Gasteiger partial charge in [0.25, 0.3) is 0 Å². The minimum Gasteiger partial charge on any atom is -0.399 e. The molecule has 0 spiro atoms. The molecule has 1 aromatic heterocycles. The molecule has 5 nitrogen and oxygen atoms in total. The number of hydrogen-bond acceptors (Lipinski definition) is 5. The zero-order chi connectivity index (χ0) is 19.2. The first kappa shape index (κ1) is 19.4. The molecule has 1 heterocycles. The van der Waals surface area contributed by atoms with Crippen LogP contribution in [0.15, 0.2) is 47.0 Å². The van der Waals surface area contributed by atoms with Crippen LogP contribution in [0.4, 0.5) is 13.2 Å². The van der Waals surface area contributed by atoms with E-state index in [2.05, 4.69) is 15.3 Å². The number of alkyl halides is 3. The first-order valence-corrected chi connectivity index (χ1v) is 7.67. The van der Waals surface area contributed by atoms with Gasteiger partial charge in [-0.1, -0.05) is 28.5 Å². The van der Waals surface area contributed by atoms with E-state index in [-0.39, 0.29) is 12.2 Å². The summed E-state index contributed by atoms with van der Waals surface area (Å²) in [4.78, 5) is 13.6. The topological polar surface area (TPSA) is 56.1 Å². The van der Waals surface area contributed by atoms with Crippen molar-refractivity contribution in [3.8, 4) is 0 Å². The van der Waals surface area contributed by atoms with Crippen molar-refractivity contribution >= 4 is 11.9 Å². The van der Waals surface area contributed by atoms with Crippen LogP contribution in [0.1, 0.15) is 34.7 Å². The lowest BCUT2D eigenvalue weighted by Crippen LogP contribution is -2.06. The largest absolute Gasteiger partial charge is 0.417 e. The summed E-state index contributed by atoms with van der Waals surface area (Å²) in [6, 6.07) is 6.64. The van der Waals surface area contributed by atoms with Gasteiger partial charge in [-0.2, -0.15) is 13.2 Å². The molecular formula is C18H18F3N3O2. The van der Waals surface area contributed by atoms with Gasteiger partial charge in [0.1, 0.15) is 13.7 Å². The Morgan fingerprint density at radius 2 is 2.04 bits per heavy atom. The lowest BCUT2D eigenvalue weighted by Gasteiger charge is -2.11. The zero-order valence-electron chi connectivity index (χ0n) is 14.5. The van der Waals surface area contributed by atoms with E-state index < -0.39 is 11.7 Å². The Bertz CT molecular complexity index is 818. The standard InChI is InChI=1S/C18H18F3N3O2/c1-12-5-4-6-16(13(2)24-25-3)17(12)11-26-23-9-14-7-15(10-22-8-14)18(19,20)21/h4-10H,11H2,1-3H3/b23-9+,24-13-. The Hall–Kier alpha value is -2.90. The van der Waals surface area contributed by atoms with Gasteiger partial charge < -0.3 is 9.68 Å². The van der Waals surface area contributed by atoms with Crippen LogP contribution in [0.3, 0.4) is 0 Å². The molecule has 0 bridgehead atoms. The highest BCUT2D eigenvalue weighted by atomic mass is 19.4. The van der Waals surface area contributed by atoms with Crippen molar-refractivity contribution in [1.29, 1.82) is 0 Å². The second-order valence-electron chi connectivity index (χ2n) is 5.47. The van der Waals surface area contributed by atoms with Gasteiger partial charge in [-0.3, -0.25) is 4.98 Å². The number of rotatable bonds is 6. The molecule has 0 aliphatic carbocycles. The zero-order valence-corrected chi connectivity index (χ0v) is 14.5. The number of nitrogens with zero attached hydrogens (tertiary/aromatic N) is 3. The molecule has 2 aromatic rings. The number of hydrogen-bond donors (Lipinski definition) is 0. The first-order valence-electron chi connectivity index (χ1n) is 7.67. The Balaban J connectivity index is 2.11. The van der Waals surface area contributed by atoms with Crippen molar-refractivity contribution in [2.24, 2.45) is 10.3 Å². The van der Waals surface area contributed by atoms with Crippen LogP contribution < -0.4 is 0 Å². The third kappa shape index (κ3) is 5.05. The van der Waals surface area contributed by atoms with E-state index in [4.69, 9.17) is 9.68 Å². The van der Waals surface area contributed by atoms with Gasteiger partial charge in [0.05, 0.1) is 17.5 Å². The molecule has 0 saturated heterocycles. The van der Waals surface area contributed by atoms with E-state index in [0.29, 0.717) is 5.71 Å². The van der Waals surface area contributed by atoms with E-state index in [1.807, 2.05) is 25.1 Å². The highest BCUT2D eigenvalue weighted by molar-refractivity contribution is 5.99. The molecule has 2 rings (SSSR count). The molecule has 138 valence electrons. The van der Waals surface area contributed by atoms with Crippen LogP contribution in [-0.2, 0) is 22.5 Å². The number of oxime groups is 2. The van der Waals surface area contributed by atoms with Crippen LogP contribution in [0.5, 0.6) is 0 Å². The Morgan fingerprint density at radius 3 is 2.73 bits per heavy atom. The summed E-state index contributed by atoms with van der Waals surface area (Å²) < 4.78 is 38.0. The van der Waals surface area contributed by atoms with E-state index in [9.17, 15) is 13.2 Å². The smallest absolute Gasteiger partial charge is 0.399 e. The van der Waals surface area contributed by atoms with Gasteiger partial charge >= 0.3 is 6.18 Å². The highest BCUT2D eigenvalue weighted by Gasteiger charge is 2.30. The van der Waals surface area contributed by atoms with Crippen molar-refractivity contribution in [3.63, 3.8) is 0 Å². The van der Waals surface area contributed by atoms with Crippen molar-refractivity contribution in [3.05, 3.63) is 64.5 Å². The average Bonchev–Trinajstić information content (AvgIpc) is 2.59. The lowest BCUT2D eigenvalue weighted by molar-refractivity contribution is -0.137. The molecule has 0 fully saturated rings. The Kier molecular flexibility index (Phi) is 6.32. The predicted molar refractivity (Wildman–Crippen MR) is 92.0 cm³/mol. The molecule has 0 saturated carbocycles. The molecule has 0 N–H and O–H groups in total. The van der Waals surface area contributed by atoms with Crippen LogP contribution in [0.2, 0.25) is 0 Å². The molecule has 1 aromatic carbocycles. The van der Waals surface area contributed by atoms with Crippen LogP contribution in [0, 0.1) is 6.92 Å². The van der Waals surface area contributed by atoms with Gasteiger partial charge in [0.2, 0.25) is 0 Å². The summed E-state index contributed by atoms with van der Waals surface area (Å²) in [5.41, 5.74) is 2.73. The van der Waals surface area contributed by atoms with Gasteiger partial charge in [-0.25, -0.2) is 0 Å². The summed E-state index contributed by atoms with van der Waals surface area (Å²) in [7, 11) is 1.46. The first-order chi connectivity index (χ1) is 12.3. The maximum absolute atomic E-state index is 12.7. The number of aromatic nitrogens is 1. The van der Waals surface area contributed by atoms with Crippen molar-refractivity contribution in [1.82, 2.24) is 4.98 Å². The Labute approximate surface area is 149 Å². The number of pyridine rings is 1. The summed E-state index contributed by atoms with van der Waals surface area (Å²) in [5.74, 6) is 0. The molecule has 8 heteroatoms. The summed E-state index contributed by atoms with van der Waals surface area (Å²) in [6.07, 6.45) is -1.23. The van der Waals surface area contributed by atoms with Crippen molar-refractivity contribution in [2.45, 2.75) is 26.6 Å². The van der Waals surface area contributed by atoms with Crippen LogP contribution in [0.25, 0.3) is 0 Å².